The number of benzene rings is 2. The number of guanidine groups is 1. The molecule has 0 aliphatic heterocycles. The average molecular weight is 574 g/mol. The van der Waals surface area contributed by atoms with Crippen molar-refractivity contribution in [2.45, 2.75) is 4.90 Å². The van der Waals surface area contributed by atoms with E-state index < -0.39 is 0 Å². The van der Waals surface area contributed by atoms with E-state index in [9.17, 15) is 4.79 Å². The summed E-state index contributed by atoms with van der Waals surface area (Å²) in [6, 6.07) is 13.7. The zero-order valence-corrected chi connectivity index (χ0v) is 22.2. The number of hydrogen-bond donors (Lipinski definition) is 2. The number of carbonyl (C=O) groups is 1. The molecule has 0 unspecified atom stereocenters. The standard InChI is InChI=1S/C22H30N4O4S.HI/c1-26(2)20(27)15-24-22(23-11-12-31-17-9-7-6-8-10-17)25-16-13-18(28-3)21(30-5)19(14-16)29-4;/h6-10,13-14H,11-12,15H2,1-5H3,(H2,23,24,25);1H. The van der Waals surface area contributed by atoms with E-state index in [1.165, 1.54) is 9.80 Å². The Morgan fingerprint density at radius 2 is 1.66 bits per heavy atom. The van der Waals surface area contributed by atoms with Crippen LogP contribution in [0.5, 0.6) is 17.2 Å². The molecule has 0 aliphatic carbocycles. The van der Waals surface area contributed by atoms with Gasteiger partial charge in [0.05, 0.1) is 21.3 Å². The van der Waals surface area contributed by atoms with Gasteiger partial charge in [-0.25, -0.2) is 4.99 Å². The monoisotopic (exact) mass is 574 g/mol. The third-order valence-corrected chi connectivity index (χ3v) is 5.22. The number of likely N-dealkylation sites (N-methyl/N-ethyl adjacent to an activating group) is 1. The van der Waals surface area contributed by atoms with Crippen LogP contribution in [0.25, 0.3) is 0 Å². The summed E-state index contributed by atoms with van der Waals surface area (Å²) in [7, 11) is 8.08. The summed E-state index contributed by atoms with van der Waals surface area (Å²) in [6.45, 7) is 0.685. The second-order valence-electron chi connectivity index (χ2n) is 6.58. The molecule has 0 atom stereocenters. The number of halogens is 1. The fourth-order valence-corrected chi connectivity index (χ4v) is 3.36. The zero-order valence-electron chi connectivity index (χ0n) is 19.0. The molecule has 2 N–H and O–H groups in total. The number of rotatable bonds is 10. The van der Waals surface area contributed by atoms with E-state index in [2.05, 4.69) is 27.8 Å². The van der Waals surface area contributed by atoms with Crippen molar-refractivity contribution >= 4 is 53.3 Å². The summed E-state index contributed by atoms with van der Waals surface area (Å²) in [5.74, 6) is 2.77. The molecule has 1 amide bonds. The molecule has 0 heterocycles. The Morgan fingerprint density at radius 1 is 1.03 bits per heavy atom. The van der Waals surface area contributed by atoms with Crippen molar-refractivity contribution in [1.82, 2.24) is 10.2 Å². The van der Waals surface area contributed by atoms with Crippen molar-refractivity contribution in [3.05, 3.63) is 42.5 Å². The number of aliphatic imine (C=N–C) groups is 1. The first kappa shape index (κ1) is 27.7. The SMILES string of the molecule is COc1cc(NC(=NCC(=O)N(C)C)NCCSc2ccccc2)cc(OC)c1OC.I. The van der Waals surface area contributed by atoms with Gasteiger partial charge in [-0.2, -0.15) is 0 Å². The predicted molar refractivity (Wildman–Crippen MR) is 141 cm³/mol. The molecule has 0 aliphatic rings. The summed E-state index contributed by atoms with van der Waals surface area (Å²) in [5.41, 5.74) is 0.689. The summed E-state index contributed by atoms with van der Waals surface area (Å²) in [4.78, 5) is 19.1. The molecule has 2 aromatic carbocycles. The first-order valence-corrected chi connectivity index (χ1v) is 10.7. The van der Waals surface area contributed by atoms with Crippen LogP contribution in [0.1, 0.15) is 0 Å². The molecule has 10 heteroatoms. The third kappa shape index (κ3) is 8.65. The minimum absolute atomic E-state index is 0. The highest BCUT2D eigenvalue weighted by atomic mass is 127. The Bertz CT molecular complexity index is 856. The van der Waals surface area contributed by atoms with E-state index in [1.807, 2.05) is 18.2 Å². The number of anilines is 1. The largest absolute Gasteiger partial charge is 0.493 e. The van der Waals surface area contributed by atoms with Crippen molar-refractivity contribution in [2.24, 2.45) is 4.99 Å². The number of ether oxygens (including phenoxy) is 3. The van der Waals surface area contributed by atoms with Crippen molar-refractivity contribution in [3.63, 3.8) is 0 Å². The van der Waals surface area contributed by atoms with Crippen molar-refractivity contribution in [1.29, 1.82) is 0 Å². The van der Waals surface area contributed by atoms with Gasteiger partial charge in [-0.15, -0.1) is 35.7 Å². The first-order chi connectivity index (χ1) is 15.0. The molecule has 2 rings (SSSR count). The zero-order chi connectivity index (χ0) is 22.6. The van der Waals surface area contributed by atoms with Gasteiger partial charge in [0.1, 0.15) is 6.54 Å². The number of nitrogens with one attached hydrogen (secondary N) is 2. The Kier molecular flexibility index (Phi) is 12.7. The van der Waals surface area contributed by atoms with Gasteiger partial charge in [0.25, 0.3) is 0 Å². The van der Waals surface area contributed by atoms with E-state index in [0.717, 1.165) is 5.75 Å². The van der Waals surface area contributed by atoms with E-state index in [4.69, 9.17) is 14.2 Å². The van der Waals surface area contributed by atoms with E-state index >= 15 is 0 Å². The Morgan fingerprint density at radius 3 is 2.19 bits per heavy atom. The van der Waals surface area contributed by atoms with Crippen molar-refractivity contribution in [2.75, 3.05) is 59.6 Å². The van der Waals surface area contributed by atoms with Crippen LogP contribution in [-0.4, -0.2) is 71.0 Å². The van der Waals surface area contributed by atoms with Gasteiger partial charge in [0.15, 0.2) is 17.5 Å². The molecule has 2 aromatic rings. The maximum atomic E-state index is 12.0. The summed E-state index contributed by atoms with van der Waals surface area (Å²) in [5, 5.41) is 6.49. The molecule has 0 spiro atoms. The highest BCUT2D eigenvalue weighted by Gasteiger charge is 2.14. The van der Waals surface area contributed by atoms with Gasteiger partial charge in [-0.3, -0.25) is 4.79 Å². The molecule has 0 saturated carbocycles. The van der Waals surface area contributed by atoms with E-state index in [1.54, 1.807) is 59.3 Å². The lowest BCUT2D eigenvalue weighted by Gasteiger charge is -2.17. The summed E-state index contributed by atoms with van der Waals surface area (Å²) < 4.78 is 16.2. The van der Waals surface area contributed by atoms with Crippen LogP contribution < -0.4 is 24.8 Å². The second kappa shape index (κ2) is 14.7. The van der Waals surface area contributed by atoms with Crippen LogP contribution >= 0.6 is 35.7 Å². The molecule has 0 bridgehead atoms. The quantitative estimate of drug-likeness (QED) is 0.148. The molecule has 0 radical (unpaired) electrons. The maximum absolute atomic E-state index is 12.0. The molecule has 8 nitrogen and oxygen atoms in total. The molecular weight excluding hydrogens is 543 g/mol. The first-order valence-electron chi connectivity index (χ1n) is 9.71. The van der Waals surface area contributed by atoms with Gasteiger partial charge in [-0.05, 0) is 12.1 Å². The number of nitrogens with zero attached hydrogens (tertiary/aromatic N) is 2. The smallest absolute Gasteiger partial charge is 0.243 e. The third-order valence-electron chi connectivity index (χ3n) is 4.21. The van der Waals surface area contributed by atoms with E-state index in [0.29, 0.717) is 35.4 Å². The van der Waals surface area contributed by atoms with Gasteiger partial charge in [-0.1, -0.05) is 18.2 Å². The molecular formula is C22H31IN4O4S. The highest BCUT2D eigenvalue weighted by Crippen LogP contribution is 2.39. The maximum Gasteiger partial charge on any atom is 0.243 e. The van der Waals surface area contributed by atoms with Gasteiger partial charge in [0, 0.05) is 49.1 Å². The lowest BCUT2D eigenvalue weighted by Crippen LogP contribution is -2.34. The van der Waals surface area contributed by atoms with Crippen LogP contribution in [0.4, 0.5) is 5.69 Å². The lowest BCUT2D eigenvalue weighted by atomic mass is 10.2. The van der Waals surface area contributed by atoms with Crippen molar-refractivity contribution < 1.29 is 19.0 Å². The number of carbonyl (C=O) groups excluding carboxylic acids is 1. The molecule has 0 fully saturated rings. The van der Waals surface area contributed by atoms with Gasteiger partial charge < -0.3 is 29.7 Å². The number of methoxy groups -OCH3 is 3. The highest BCUT2D eigenvalue weighted by molar-refractivity contribution is 14.0. The fraction of sp³-hybridized carbons (Fsp3) is 0.364. The summed E-state index contributed by atoms with van der Waals surface area (Å²) in [6.07, 6.45) is 0. The number of amides is 1. The topological polar surface area (TPSA) is 84.4 Å². The number of hydrogen-bond acceptors (Lipinski definition) is 6. The van der Waals surface area contributed by atoms with Gasteiger partial charge in [0.2, 0.25) is 11.7 Å². The van der Waals surface area contributed by atoms with Crippen LogP contribution in [-0.2, 0) is 4.79 Å². The Balaban J connectivity index is 0.00000512. The average Bonchev–Trinajstić information content (AvgIpc) is 2.79. The minimum atomic E-state index is -0.0929. The van der Waals surface area contributed by atoms with Crippen LogP contribution in [0.15, 0.2) is 52.4 Å². The molecule has 0 aromatic heterocycles. The summed E-state index contributed by atoms with van der Waals surface area (Å²) >= 11 is 1.74. The van der Waals surface area contributed by atoms with Crippen LogP contribution in [0.3, 0.4) is 0 Å². The molecule has 32 heavy (non-hydrogen) atoms. The Labute approximate surface area is 211 Å². The van der Waals surface area contributed by atoms with Gasteiger partial charge >= 0.3 is 0 Å². The molecule has 176 valence electrons. The fourth-order valence-electron chi connectivity index (χ4n) is 2.57. The van der Waals surface area contributed by atoms with Crippen molar-refractivity contribution in [3.8, 4) is 17.2 Å². The van der Waals surface area contributed by atoms with Crippen LogP contribution in [0, 0.1) is 0 Å². The minimum Gasteiger partial charge on any atom is -0.493 e. The van der Waals surface area contributed by atoms with Crippen LogP contribution in [0.2, 0.25) is 0 Å². The molecule has 0 saturated heterocycles. The van der Waals surface area contributed by atoms with E-state index in [-0.39, 0.29) is 36.4 Å². The normalized spacial score (nSPS) is 10.6. The predicted octanol–water partition coefficient (Wildman–Crippen LogP) is 3.57. The second-order valence-corrected chi connectivity index (χ2v) is 7.75. The Hall–Kier alpha value is -2.34. The number of thioether (sulfide) groups is 1. The lowest BCUT2D eigenvalue weighted by molar-refractivity contribution is -0.127.